The van der Waals surface area contributed by atoms with Crippen molar-refractivity contribution in [3.63, 3.8) is 0 Å². The van der Waals surface area contributed by atoms with E-state index in [1.54, 1.807) is 60.9 Å². The van der Waals surface area contributed by atoms with Crippen molar-refractivity contribution in [1.82, 2.24) is 0 Å². The molecule has 6 atom stereocenters. The van der Waals surface area contributed by atoms with Crippen molar-refractivity contribution in [1.29, 1.82) is 0 Å². The molecule has 0 bridgehead atoms. The minimum Gasteiger partial charge on any atom is -0.508 e. The smallest absolute Gasteiger partial charge is 0.241 e. The van der Waals surface area contributed by atoms with E-state index in [2.05, 4.69) is 22.6 Å². The number of anilines is 2. The summed E-state index contributed by atoms with van der Waals surface area (Å²) in [5.74, 6) is -3.17. The number of imide groups is 2. The topological polar surface area (TPSA) is 104 Å². The molecular weight excluding hydrogens is 683 g/mol. The highest BCUT2D eigenvalue weighted by atomic mass is 127. The summed E-state index contributed by atoms with van der Waals surface area (Å²) < 4.78 is 7.06. The molecule has 3 aromatic rings. The van der Waals surface area contributed by atoms with Crippen molar-refractivity contribution in [2.75, 3.05) is 9.80 Å². The number of fused-ring (bicyclic) bond motifs is 5. The van der Waals surface area contributed by atoms with Crippen molar-refractivity contribution >= 4 is 57.6 Å². The van der Waals surface area contributed by atoms with Gasteiger partial charge in [-0.3, -0.25) is 24.1 Å². The Labute approximate surface area is 273 Å². The number of benzene rings is 3. The Morgan fingerprint density at radius 2 is 1.60 bits per heavy atom. The van der Waals surface area contributed by atoms with Crippen LogP contribution in [0.3, 0.4) is 0 Å². The van der Waals surface area contributed by atoms with Crippen LogP contribution < -0.4 is 14.5 Å². The van der Waals surface area contributed by atoms with Crippen molar-refractivity contribution in [3.8, 4) is 11.5 Å². The third-order valence-electron chi connectivity index (χ3n) is 10.5. The molecule has 2 saturated heterocycles. The van der Waals surface area contributed by atoms with Gasteiger partial charge in [0.15, 0.2) is 0 Å². The molecule has 45 heavy (non-hydrogen) atoms. The second-order valence-electron chi connectivity index (χ2n) is 12.8. The summed E-state index contributed by atoms with van der Waals surface area (Å²) >= 11 is 2.19. The van der Waals surface area contributed by atoms with Gasteiger partial charge in [0.25, 0.3) is 0 Å². The number of nitrogens with zero attached hydrogens (tertiary/aromatic N) is 2. The van der Waals surface area contributed by atoms with E-state index < -0.39 is 35.0 Å². The summed E-state index contributed by atoms with van der Waals surface area (Å²) in [6.07, 6.45) is 4.78. The van der Waals surface area contributed by atoms with Crippen molar-refractivity contribution in [2.24, 2.45) is 35.0 Å². The number of carbonyl (C=O) groups excluding carboxylic acids is 4. The van der Waals surface area contributed by atoms with Gasteiger partial charge in [0.2, 0.25) is 23.6 Å². The monoisotopic (exact) mass is 712 g/mol. The summed E-state index contributed by atoms with van der Waals surface area (Å²) in [4.78, 5) is 59.5. The van der Waals surface area contributed by atoms with Crippen LogP contribution >= 0.6 is 22.6 Å². The molecule has 8 nitrogen and oxygen atoms in total. The van der Waals surface area contributed by atoms with Gasteiger partial charge < -0.3 is 9.84 Å². The first-order valence-electron chi connectivity index (χ1n) is 15.1. The van der Waals surface area contributed by atoms with E-state index in [0.717, 1.165) is 20.3 Å². The van der Waals surface area contributed by atoms with Crippen molar-refractivity contribution in [3.05, 3.63) is 105 Å². The fraction of sp³-hybridized carbons (Fsp3) is 0.278. The van der Waals surface area contributed by atoms with Crippen LogP contribution in [0.4, 0.5) is 11.4 Å². The summed E-state index contributed by atoms with van der Waals surface area (Å²) in [7, 11) is 0. The molecule has 226 valence electrons. The molecule has 0 unspecified atom stereocenters. The maximum Gasteiger partial charge on any atom is 0.241 e. The van der Waals surface area contributed by atoms with E-state index in [0.29, 0.717) is 36.4 Å². The van der Waals surface area contributed by atoms with E-state index in [1.165, 1.54) is 9.80 Å². The number of ether oxygens (including phenoxy) is 1. The number of carbonyl (C=O) groups is 4. The molecule has 8 rings (SSSR count). The molecule has 4 amide bonds. The Morgan fingerprint density at radius 1 is 0.867 bits per heavy atom. The highest BCUT2D eigenvalue weighted by molar-refractivity contribution is 14.1. The standard InChI is InChI=1S/C36H29IN2O6/c1-36-28(33(42)39(35(36)44)22-5-3-2-4-6-22)17-27-25(31(36)20-15-19-16-24(40)11-14-29(19)45-18-20)12-13-26-30(27)34(43)38(32(26)41)23-9-7-21(37)8-10-23/h2-12,14,16,18,26-28,30-31,40H,13,15,17H2,1H3/t26-,27+,28-,30-,31-,36+/m0/s1. The molecule has 3 fully saturated rings. The molecule has 3 heterocycles. The Hall–Kier alpha value is -4.25. The molecule has 3 aliphatic heterocycles. The van der Waals surface area contributed by atoms with Gasteiger partial charge in [0, 0.05) is 21.5 Å². The van der Waals surface area contributed by atoms with Crippen LogP contribution in [-0.4, -0.2) is 28.7 Å². The van der Waals surface area contributed by atoms with Crippen molar-refractivity contribution in [2.45, 2.75) is 26.2 Å². The fourth-order valence-electron chi connectivity index (χ4n) is 8.51. The Balaban J connectivity index is 1.25. The zero-order valence-corrected chi connectivity index (χ0v) is 26.5. The lowest BCUT2D eigenvalue weighted by Gasteiger charge is -2.49. The maximum absolute atomic E-state index is 14.5. The Bertz CT molecular complexity index is 1870. The van der Waals surface area contributed by atoms with E-state index in [1.807, 2.05) is 31.2 Å². The SMILES string of the molecule is C[C@@]12C(=O)N(c3ccccc3)C(=O)[C@@H]1C[C@@H]1C(=CC[C@@H]3C(=O)N(c4ccc(I)cc4)C(=O)[C@@H]31)[C@@H]2C1=COc2ccc(O)cc2C1. The van der Waals surface area contributed by atoms with Gasteiger partial charge in [-0.1, -0.05) is 29.8 Å². The van der Waals surface area contributed by atoms with Gasteiger partial charge in [-0.15, -0.1) is 0 Å². The van der Waals surface area contributed by atoms with Crippen LogP contribution in [-0.2, 0) is 25.6 Å². The molecule has 9 heteroatoms. The van der Waals surface area contributed by atoms with Gasteiger partial charge in [0.1, 0.15) is 11.5 Å². The number of halogens is 1. The molecule has 0 spiro atoms. The molecule has 0 aromatic heterocycles. The fourth-order valence-corrected chi connectivity index (χ4v) is 8.87. The van der Waals surface area contributed by atoms with Gasteiger partial charge in [-0.05, 0) is 108 Å². The third-order valence-corrected chi connectivity index (χ3v) is 11.2. The zero-order valence-electron chi connectivity index (χ0n) is 24.4. The zero-order chi connectivity index (χ0) is 31.2. The number of phenols is 1. The highest BCUT2D eigenvalue weighted by Crippen LogP contribution is 2.63. The van der Waals surface area contributed by atoms with Gasteiger partial charge in [-0.2, -0.15) is 0 Å². The van der Waals surface area contributed by atoms with Crippen LogP contribution in [0.15, 0.2) is 96.3 Å². The van der Waals surface area contributed by atoms with E-state index >= 15 is 0 Å². The molecule has 0 radical (unpaired) electrons. The lowest BCUT2D eigenvalue weighted by atomic mass is 9.51. The lowest BCUT2D eigenvalue weighted by Crippen LogP contribution is -2.51. The largest absolute Gasteiger partial charge is 0.508 e. The number of para-hydroxylation sites is 1. The molecule has 1 saturated carbocycles. The number of hydrogen-bond donors (Lipinski definition) is 1. The number of amides is 4. The normalized spacial score (nSPS) is 30.2. The van der Waals surface area contributed by atoms with Crippen LogP contribution in [0.1, 0.15) is 25.3 Å². The van der Waals surface area contributed by atoms with Crippen molar-refractivity contribution < 1.29 is 29.0 Å². The molecule has 3 aromatic carbocycles. The Kier molecular flexibility index (Phi) is 6.36. The van der Waals surface area contributed by atoms with Crippen LogP contribution in [0.5, 0.6) is 11.5 Å². The summed E-state index contributed by atoms with van der Waals surface area (Å²) in [6.45, 7) is 1.87. The number of rotatable bonds is 3. The van der Waals surface area contributed by atoms with E-state index in [4.69, 9.17) is 4.74 Å². The number of hydrogen-bond acceptors (Lipinski definition) is 6. The summed E-state index contributed by atoms with van der Waals surface area (Å²) in [5, 5.41) is 10.2. The lowest BCUT2D eigenvalue weighted by molar-refractivity contribution is -0.132. The second-order valence-corrected chi connectivity index (χ2v) is 14.0. The number of phenolic OH excluding ortho intramolecular Hbond substituents is 1. The summed E-state index contributed by atoms with van der Waals surface area (Å²) in [5.41, 5.74) is 2.40. The van der Waals surface area contributed by atoms with Gasteiger partial charge in [-0.25, -0.2) is 4.90 Å². The third kappa shape index (κ3) is 4.02. The average molecular weight is 713 g/mol. The highest BCUT2D eigenvalue weighted by Gasteiger charge is 2.68. The van der Waals surface area contributed by atoms with Crippen LogP contribution in [0.25, 0.3) is 0 Å². The average Bonchev–Trinajstić information content (AvgIpc) is 3.41. The van der Waals surface area contributed by atoms with Gasteiger partial charge >= 0.3 is 0 Å². The predicted molar refractivity (Wildman–Crippen MR) is 174 cm³/mol. The first kappa shape index (κ1) is 28.2. The molecular formula is C36H29IN2O6. The molecule has 5 aliphatic rings. The minimum atomic E-state index is -1.15. The van der Waals surface area contributed by atoms with Gasteiger partial charge in [0.05, 0.1) is 40.8 Å². The predicted octanol–water partition coefficient (Wildman–Crippen LogP) is 5.78. The first-order valence-corrected chi connectivity index (χ1v) is 16.2. The van der Waals surface area contributed by atoms with Crippen LogP contribution in [0.2, 0.25) is 0 Å². The number of allylic oxidation sites excluding steroid dienone is 3. The molecule has 2 aliphatic carbocycles. The maximum atomic E-state index is 14.5. The first-order chi connectivity index (χ1) is 21.7. The Morgan fingerprint density at radius 3 is 2.36 bits per heavy atom. The van der Waals surface area contributed by atoms with E-state index in [-0.39, 0.29) is 29.4 Å². The quantitative estimate of drug-likeness (QED) is 0.210. The second kappa shape index (κ2) is 10.1. The number of aromatic hydroxyl groups is 1. The minimum absolute atomic E-state index is 0.108. The van der Waals surface area contributed by atoms with E-state index in [9.17, 15) is 24.3 Å². The van der Waals surface area contributed by atoms with Crippen LogP contribution in [0, 0.1) is 38.6 Å². The summed E-state index contributed by atoms with van der Waals surface area (Å²) in [6, 6.07) is 21.2. The molecule has 1 N–H and O–H groups in total.